The number of halogens is 1. The van der Waals surface area contributed by atoms with Crippen LogP contribution in [0, 0.1) is 0 Å². The number of rotatable bonds is 3. The van der Waals surface area contributed by atoms with Crippen molar-refractivity contribution in [2.45, 2.75) is 0 Å². The minimum Gasteiger partial charge on any atom is -0.399 e. The fourth-order valence-electron chi connectivity index (χ4n) is 1.63. The molecule has 0 saturated carbocycles. The van der Waals surface area contributed by atoms with Crippen LogP contribution in [0.2, 0.25) is 5.02 Å². The number of nitrogens with zero attached hydrogens (tertiary/aromatic N) is 2. The van der Waals surface area contributed by atoms with Crippen LogP contribution in [0.5, 0.6) is 0 Å². The molecule has 0 bridgehead atoms. The zero-order valence-electron chi connectivity index (χ0n) is 11.2. The van der Waals surface area contributed by atoms with E-state index in [1.165, 1.54) is 11.1 Å². The van der Waals surface area contributed by atoms with Crippen LogP contribution in [-0.4, -0.2) is 29.9 Å². The molecule has 5 nitrogen and oxygen atoms in total. The van der Waals surface area contributed by atoms with Gasteiger partial charge in [-0.2, -0.15) is 0 Å². The van der Waals surface area contributed by atoms with Gasteiger partial charge in [-0.25, -0.2) is 4.98 Å². The molecule has 1 aromatic carbocycles. The molecule has 6 heteroatoms. The number of carbonyl (C=O) groups excluding carboxylic acids is 1. The third kappa shape index (κ3) is 3.19. The Balaban J connectivity index is 2.19. The number of nitrogens with two attached hydrogens (primary N) is 1. The quantitative estimate of drug-likeness (QED) is 0.853. The van der Waals surface area contributed by atoms with E-state index >= 15 is 0 Å². The van der Waals surface area contributed by atoms with Gasteiger partial charge in [-0.05, 0) is 30.3 Å². The number of nitrogens with one attached hydrogen (secondary N) is 1. The number of amides is 1. The summed E-state index contributed by atoms with van der Waals surface area (Å²) < 4.78 is 0. The monoisotopic (exact) mass is 290 g/mol. The Morgan fingerprint density at radius 3 is 2.65 bits per heavy atom. The predicted molar refractivity (Wildman–Crippen MR) is 81.4 cm³/mol. The largest absolute Gasteiger partial charge is 0.399 e. The topological polar surface area (TPSA) is 71.2 Å². The average molecular weight is 291 g/mol. The normalized spacial score (nSPS) is 10.2. The van der Waals surface area contributed by atoms with Crippen molar-refractivity contribution in [3.8, 4) is 0 Å². The van der Waals surface area contributed by atoms with Gasteiger partial charge in [0.05, 0.1) is 16.3 Å². The summed E-state index contributed by atoms with van der Waals surface area (Å²) in [6.07, 6.45) is 1.52. The van der Waals surface area contributed by atoms with Gasteiger partial charge in [-0.15, -0.1) is 0 Å². The van der Waals surface area contributed by atoms with E-state index in [1.54, 1.807) is 44.4 Å². The second-order valence-corrected chi connectivity index (χ2v) is 4.90. The van der Waals surface area contributed by atoms with Crippen LogP contribution in [0.15, 0.2) is 36.5 Å². The fourth-order valence-corrected chi connectivity index (χ4v) is 1.79. The first-order valence-corrected chi connectivity index (χ1v) is 6.35. The Bertz CT molecular complexity index is 626. The zero-order valence-corrected chi connectivity index (χ0v) is 12.0. The van der Waals surface area contributed by atoms with Gasteiger partial charge in [0.15, 0.2) is 0 Å². The molecule has 0 fully saturated rings. The Hall–Kier alpha value is -2.27. The molecule has 0 aliphatic rings. The van der Waals surface area contributed by atoms with Crippen LogP contribution in [0.25, 0.3) is 0 Å². The molecule has 0 spiro atoms. The molecule has 20 heavy (non-hydrogen) atoms. The lowest BCUT2D eigenvalue weighted by molar-refractivity contribution is 0.0827. The molecule has 104 valence electrons. The van der Waals surface area contributed by atoms with Gasteiger partial charge < -0.3 is 16.0 Å². The maximum Gasteiger partial charge on any atom is 0.254 e. The first-order chi connectivity index (χ1) is 9.47. The third-order valence-corrected chi connectivity index (χ3v) is 3.00. The Morgan fingerprint density at radius 2 is 2.05 bits per heavy atom. The molecule has 2 aromatic rings. The highest BCUT2D eigenvalue weighted by Gasteiger charge is 2.08. The Labute approximate surface area is 122 Å². The van der Waals surface area contributed by atoms with Gasteiger partial charge in [0, 0.05) is 26.0 Å². The van der Waals surface area contributed by atoms with Crippen molar-refractivity contribution < 1.29 is 4.79 Å². The van der Waals surface area contributed by atoms with E-state index in [4.69, 9.17) is 17.3 Å². The lowest BCUT2D eigenvalue weighted by atomic mass is 10.2. The van der Waals surface area contributed by atoms with Gasteiger partial charge in [0.1, 0.15) is 5.82 Å². The van der Waals surface area contributed by atoms with E-state index in [0.717, 1.165) is 0 Å². The van der Waals surface area contributed by atoms with Crippen molar-refractivity contribution in [2.75, 3.05) is 25.1 Å². The third-order valence-electron chi connectivity index (χ3n) is 2.67. The summed E-state index contributed by atoms with van der Waals surface area (Å²) in [5.41, 5.74) is 7.52. The van der Waals surface area contributed by atoms with E-state index in [0.29, 0.717) is 27.8 Å². The number of pyridine rings is 1. The summed E-state index contributed by atoms with van der Waals surface area (Å²) in [5.74, 6) is 0.499. The van der Waals surface area contributed by atoms with Crippen molar-refractivity contribution in [3.63, 3.8) is 0 Å². The van der Waals surface area contributed by atoms with Gasteiger partial charge in [0.25, 0.3) is 5.91 Å². The first-order valence-electron chi connectivity index (χ1n) is 5.97. The molecule has 1 aromatic heterocycles. The molecular weight excluding hydrogens is 276 g/mol. The fraction of sp³-hybridized carbons (Fsp3) is 0.143. The Morgan fingerprint density at radius 1 is 1.30 bits per heavy atom. The minimum absolute atomic E-state index is 0.0916. The second kappa shape index (κ2) is 5.79. The molecule has 0 radical (unpaired) electrons. The van der Waals surface area contributed by atoms with Crippen molar-refractivity contribution in [2.24, 2.45) is 0 Å². The minimum atomic E-state index is -0.0916. The van der Waals surface area contributed by atoms with Crippen molar-refractivity contribution in [1.82, 2.24) is 9.88 Å². The van der Waals surface area contributed by atoms with Crippen LogP contribution < -0.4 is 11.1 Å². The number of aromatic nitrogens is 1. The van der Waals surface area contributed by atoms with Crippen LogP contribution in [0.3, 0.4) is 0 Å². The van der Waals surface area contributed by atoms with E-state index in [2.05, 4.69) is 10.3 Å². The van der Waals surface area contributed by atoms with E-state index in [9.17, 15) is 4.79 Å². The summed E-state index contributed by atoms with van der Waals surface area (Å²) in [5, 5.41) is 3.61. The molecular formula is C14H15ClN4O. The summed E-state index contributed by atoms with van der Waals surface area (Å²) >= 11 is 6.06. The highest BCUT2D eigenvalue weighted by atomic mass is 35.5. The molecule has 2 rings (SSSR count). The first kappa shape index (κ1) is 14.1. The molecule has 0 aliphatic heterocycles. The van der Waals surface area contributed by atoms with Crippen LogP contribution >= 0.6 is 11.6 Å². The lowest BCUT2D eigenvalue weighted by Gasteiger charge is -2.11. The number of hydrogen-bond donors (Lipinski definition) is 2. The van der Waals surface area contributed by atoms with Crippen LogP contribution in [0.1, 0.15) is 10.4 Å². The predicted octanol–water partition coefficient (Wildman–Crippen LogP) is 2.76. The molecule has 0 saturated heterocycles. The molecule has 1 heterocycles. The van der Waals surface area contributed by atoms with Gasteiger partial charge in [0.2, 0.25) is 0 Å². The van der Waals surface area contributed by atoms with Crippen LogP contribution in [0.4, 0.5) is 17.2 Å². The number of hydrogen-bond acceptors (Lipinski definition) is 4. The lowest BCUT2D eigenvalue weighted by Crippen LogP contribution is -2.21. The number of nitrogen functional groups attached to an aromatic ring is 1. The highest BCUT2D eigenvalue weighted by molar-refractivity contribution is 6.33. The number of anilines is 3. The summed E-state index contributed by atoms with van der Waals surface area (Å²) in [6, 6.07) is 8.58. The summed E-state index contributed by atoms with van der Waals surface area (Å²) in [6.45, 7) is 0. The van der Waals surface area contributed by atoms with Crippen molar-refractivity contribution in [1.29, 1.82) is 0 Å². The summed E-state index contributed by atoms with van der Waals surface area (Å²) in [7, 11) is 3.39. The van der Waals surface area contributed by atoms with E-state index < -0.39 is 0 Å². The standard InChI is InChI=1S/C14H15ClN4O/c1-19(2)14(20)9-3-6-13(17-8-9)18-12-7-10(16)4-5-11(12)15/h3-8H,16H2,1-2H3,(H,17,18). The second-order valence-electron chi connectivity index (χ2n) is 4.50. The number of benzene rings is 1. The molecule has 3 N–H and O–H groups in total. The Kier molecular flexibility index (Phi) is 4.10. The molecule has 0 atom stereocenters. The van der Waals surface area contributed by atoms with E-state index in [1.807, 2.05) is 0 Å². The van der Waals surface area contributed by atoms with Crippen LogP contribution in [-0.2, 0) is 0 Å². The SMILES string of the molecule is CN(C)C(=O)c1ccc(Nc2cc(N)ccc2Cl)nc1. The smallest absolute Gasteiger partial charge is 0.254 e. The van der Waals surface area contributed by atoms with Gasteiger partial charge in [-0.3, -0.25) is 4.79 Å². The number of carbonyl (C=O) groups is 1. The zero-order chi connectivity index (χ0) is 14.7. The molecule has 0 aliphatic carbocycles. The highest BCUT2D eigenvalue weighted by Crippen LogP contribution is 2.26. The van der Waals surface area contributed by atoms with E-state index in [-0.39, 0.29) is 5.91 Å². The van der Waals surface area contributed by atoms with Gasteiger partial charge in [-0.1, -0.05) is 11.6 Å². The van der Waals surface area contributed by atoms with Crippen molar-refractivity contribution >= 4 is 34.7 Å². The average Bonchev–Trinajstić information content (AvgIpc) is 2.43. The van der Waals surface area contributed by atoms with Crippen molar-refractivity contribution in [3.05, 3.63) is 47.1 Å². The molecule has 0 unspecified atom stereocenters. The summed E-state index contributed by atoms with van der Waals surface area (Å²) in [4.78, 5) is 17.4. The maximum absolute atomic E-state index is 11.7. The molecule has 1 amide bonds. The maximum atomic E-state index is 11.7. The van der Waals surface area contributed by atoms with Gasteiger partial charge >= 0.3 is 0 Å².